The molecule has 1 N–H and O–H groups in total. The number of para-hydroxylation sites is 1. The number of nitrogens with zero attached hydrogens (tertiary/aromatic N) is 2. The van der Waals surface area contributed by atoms with Crippen LogP contribution in [-0.2, 0) is 9.84 Å². The standard InChI is InChI=1S/C24H27N3O3S/c1-3-27(4-2)16-9-17-30-21-14-8-13-20-23(21)25-26-24(20)31(28,29)22-15-7-11-18-10-5-6-12-19(18)22/h5-8,10-15H,3-4,9,16-17H2,1-2H3,(H,25,26). The van der Waals surface area contributed by atoms with Crippen LogP contribution in [-0.4, -0.2) is 49.8 Å². The number of nitrogens with one attached hydrogen (secondary N) is 1. The van der Waals surface area contributed by atoms with Crippen molar-refractivity contribution in [3.8, 4) is 5.75 Å². The van der Waals surface area contributed by atoms with Crippen molar-refractivity contribution in [2.75, 3.05) is 26.2 Å². The van der Waals surface area contributed by atoms with Crippen molar-refractivity contribution in [3.05, 3.63) is 60.7 Å². The zero-order valence-electron chi connectivity index (χ0n) is 17.8. The maximum atomic E-state index is 13.5. The number of ether oxygens (including phenoxy) is 1. The summed E-state index contributed by atoms with van der Waals surface area (Å²) in [5.74, 6) is 0.615. The van der Waals surface area contributed by atoms with Crippen molar-refractivity contribution < 1.29 is 13.2 Å². The van der Waals surface area contributed by atoms with Crippen molar-refractivity contribution in [2.45, 2.75) is 30.2 Å². The first-order chi connectivity index (χ1) is 15.1. The van der Waals surface area contributed by atoms with E-state index in [1.54, 1.807) is 24.3 Å². The summed E-state index contributed by atoms with van der Waals surface area (Å²) >= 11 is 0. The number of sulfone groups is 1. The summed E-state index contributed by atoms with van der Waals surface area (Å²) in [7, 11) is -3.81. The van der Waals surface area contributed by atoms with E-state index >= 15 is 0 Å². The normalized spacial score (nSPS) is 12.1. The largest absolute Gasteiger partial charge is 0.491 e. The van der Waals surface area contributed by atoms with E-state index < -0.39 is 9.84 Å². The topological polar surface area (TPSA) is 75.3 Å². The Morgan fingerprint density at radius 1 is 0.935 bits per heavy atom. The number of H-pyrrole nitrogens is 1. The van der Waals surface area contributed by atoms with Gasteiger partial charge in [-0.3, -0.25) is 5.10 Å². The Morgan fingerprint density at radius 3 is 2.45 bits per heavy atom. The first-order valence-electron chi connectivity index (χ1n) is 10.6. The van der Waals surface area contributed by atoms with Crippen LogP contribution in [0.4, 0.5) is 0 Å². The van der Waals surface area contributed by atoms with Crippen molar-refractivity contribution >= 4 is 31.5 Å². The smallest absolute Gasteiger partial charge is 0.226 e. The van der Waals surface area contributed by atoms with Crippen molar-refractivity contribution in [1.29, 1.82) is 0 Å². The van der Waals surface area contributed by atoms with Gasteiger partial charge in [0.15, 0.2) is 5.03 Å². The van der Waals surface area contributed by atoms with Gasteiger partial charge in [-0.25, -0.2) is 8.42 Å². The minimum absolute atomic E-state index is 0.0208. The number of hydrogen-bond acceptors (Lipinski definition) is 5. The molecule has 31 heavy (non-hydrogen) atoms. The summed E-state index contributed by atoms with van der Waals surface area (Å²) in [6.07, 6.45) is 0.896. The molecule has 3 aromatic carbocycles. The van der Waals surface area contributed by atoms with Crippen LogP contribution in [0.2, 0.25) is 0 Å². The van der Waals surface area contributed by atoms with Gasteiger partial charge in [-0.2, -0.15) is 5.10 Å². The summed E-state index contributed by atoms with van der Waals surface area (Å²) < 4.78 is 33.0. The summed E-state index contributed by atoms with van der Waals surface area (Å²) in [6.45, 7) is 7.85. The maximum Gasteiger partial charge on any atom is 0.226 e. The van der Waals surface area contributed by atoms with Gasteiger partial charge in [-0.05, 0) is 43.1 Å². The molecular formula is C24H27N3O3S. The number of hydrogen-bond donors (Lipinski definition) is 1. The van der Waals surface area contributed by atoms with Crippen LogP contribution in [0.1, 0.15) is 20.3 Å². The van der Waals surface area contributed by atoms with Crippen LogP contribution >= 0.6 is 0 Å². The molecule has 0 bridgehead atoms. The van der Waals surface area contributed by atoms with Crippen molar-refractivity contribution in [2.24, 2.45) is 0 Å². The minimum Gasteiger partial charge on any atom is -0.491 e. The van der Waals surface area contributed by atoms with Crippen molar-refractivity contribution in [1.82, 2.24) is 15.1 Å². The minimum atomic E-state index is -3.81. The van der Waals surface area contributed by atoms with Crippen LogP contribution in [0.5, 0.6) is 5.75 Å². The molecule has 0 amide bonds. The summed E-state index contributed by atoms with van der Waals surface area (Å²) in [5, 5.41) is 9.20. The second kappa shape index (κ2) is 9.08. The number of aromatic amines is 1. The lowest BCUT2D eigenvalue weighted by atomic mass is 10.1. The molecule has 1 heterocycles. The average Bonchev–Trinajstić information content (AvgIpc) is 3.24. The summed E-state index contributed by atoms with van der Waals surface area (Å²) in [4.78, 5) is 2.60. The van der Waals surface area contributed by atoms with Gasteiger partial charge in [0, 0.05) is 17.3 Å². The fourth-order valence-corrected chi connectivity index (χ4v) is 5.43. The first kappa shape index (κ1) is 21.3. The molecule has 0 saturated heterocycles. The summed E-state index contributed by atoms with van der Waals surface area (Å²) in [5.41, 5.74) is 0.601. The molecule has 0 aliphatic heterocycles. The Labute approximate surface area is 182 Å². The van der Waals surface area contributed by atoms with E-state index in [0.717, 1.165) is 31.4 Å². The van der Waals surface area contributed by atoms with Crippen LogP contribution in [0.3, 0.4) is 0 Å². The number of rotatable bonds is 9. The first-order valence-corrected chi connectivity index (χ1v) is 12.1. The molecule has 162 valence electrons. The van der Waals surface area contributed by atoms with E-state index in [9.17, 15) is 8.42 Å². The molecule has 0 atom stereocenters. The van der Waals surface area contributed by atoms with E-state index in [0.29, 0.717) is 28.6 Å². The van der Waals surface area contributed by atoms with Gasteiger partial charge in [0.1, 0.15) is 11.3 Å². The van der Waals surface area contributed by atoms with E-state index in [-0.39, 0.29) is 9.92 Å². The van der Waals surface area contributed by atoms with Gasteiger partial charge in [-0.15, -0.1) is 0 Å². The Balaban J connectivity index is 1.64. The zero-order chi connectivity index (χ0) is 21.8. The van der Waals surface area contributed by atoms with Crippen LogP contribution in [0, 0.1) is 0 Å². The van der Waals surface area contributed by atoms with Gasteiger partial charge in [0.25, 0.3) is 0 Å². The average molecular weight is 438 g/mol. The Morgan fingerprint density at radius 2 is 1.65 bits per heavy atom. The van der Waals surface area contributed by atoms with Crippen LogP contribution in [0.25, 0.3) is 21.7 Å². The summed E-state index contributed by atoms with van der Waals surface area (Å²) in [6, 6.07) is 18.2. The van der Waals surface area contributed by atoms with Gasteiger partial charge in [-0.1, -0.05) is 56.3 Å². The Kier molecular flexibility index (Phi) is 6.25. The number of aromatic nitrogens is 2. The highest BCUT2D eigenvalue weighted by atomic mass is 32.2. The van der Waals surface area contributed by atoms with E-state index in [2.05, 4.69) is 28.9 Å². The van der Waals surface area contributed by atoms with E-state index in [1.165, 1.54) is 0 Å². The molecule has 4 aromatic rings. The third-order valence-electron chi connectivity index (χ3n) is 5.59. The highest BCUT2D eigenvalue weighted by molar-refractivity contribution is 7.91. The lowest BCUT2D eigenvalue weighted by molar-refractivity contribution is 0.250. The predicted molar refractivity (Wildman–Crippen MR) is 123 cm³/mol. The Hall–Kier alpha value is -2.90. The van der Waals surface area contributed by atoms with Crippen LogP contribution < -0.4 is 4.74 Å². The van der Waals surface area contributed by atoms with Gasteiger partial charge >= 0.3 is 0 Å². The van der Waals surface area contributed by atoms with E-state index in [1.807, 2.05) is 36.4 Å². The predicted octanol–water partition coefficient (Wildman–Crippen LogP) is 4.66. The molecule has 7 heteroatoms. The Bertz CT molecular complexity index is 1290. The van der Waals surface area contributed by atoms with Gasteiger partial charge < -0.3 is 9.64 Å². The molecule has 0 spiro atoms. The third-order valence-corrected chi connectivity index (χ3v) is 7.35. The number of fused-ring (bicyclic) bond motifs is 2. The second-order valence-corrected chi connectivity index (χ2v) is 9.25. The highest BCUT2D eigenvalue weighted by Gasteiger charge is 2.26. The zero-order valence-corrected chi connectivity index (χ0v) is 18.7. The molecular weight excluding hydrogens is 410 g/mol. The molecule has 1 aromatic heterocycles. The SMILES string of the molecule is CCN(CC)CCCOc1cccc2c(S(=O)(=O)c3cccc4ccccc34)n[nH]c12. The molecule has 0 fully saturated rings. The number of benzene rings is 3. The highest BCUT2D eigenvalue weighted by Crippen LogP contribution is 2.33. The van der Waals surface area contributed by atoms with E-state index in [4.69, 9.17) is 4.74 Å². The lowest BCUT2D eigenvalue weighted by Gasteiger charge is -2.17. The fraction of sp³-hybridized carbons (Fsp3) is 0.292. The quantitative estimate of drug-likeness (QED) is 0.386. The second-order valence-electron chi connectivity index (χ2n) is 7.42. The lowest BCUT2D eigenvalue weighted by Crippen LogP contribution is -2.25. The molecule has 0 aliphatic rings. The molecule has 0 saturated carbocycles. The molecule has 6 nitrogen and oxygen atoms in total. The maximum absolute atomic E-state index is 13.5. The molecule has 0 unspecified atom stereocenters. The monoisotopic (exact) mass is 437 g/mol. The molecule has 4 rings (SSSR count). The van der Waals surface area contributed by atoms with Crippen molar-refractivity contribution in [3.63, 3.8) is 0 Å². The van der Waals surface area contributed by atoms with Gasteiger partial charge in [0.05, 0.1) is 11.5 Å². The fourth-order valence-electron chi connectivity index (χ4n) is 3.86. The van der Waals surface area contributed by atoms with Crippen LogP contribution in [0.15, 0.2) is 70.6 Å². The molecule has 0 aliphatic carbocycles. The van der Waals surface area contributed by atoms with Gasteiger partial charge in [0.2, 0.25) is 9.84 Å². The third kappa shape index (κ3) is 4.16. The molecule has 0 radical (unpaired) electrons.